The van der Waals surface area contributed by atoms with Gasteiger partial charge in [0.05, 0.1) is 13.2 Å². The van der Waals surface area contributed by atoms with Gasteiger partial charge in [0, 0.05) is 31.2 Å². The number of carbonyl (C=O) groups is 1. The van der Waals surface area contributed by atoms with Crippen molar-refractivity contribution in [2.45, 2.75) is 32.7 Å². The predicted octanol–water partition coefficient (Wildman–Crippen LogP) is 2.65. The molecule has 0 spiro atoms. The third-order valence-electron chi connectivity index (χ3n) is 4.95. The van der Waals surface area contributed by atoms with E-state index in [0.717, 1.165) is 26.1 Å². The molecule has 0 aromatic heterocycles. The summed E-state index contributed by atoms with van der Waals surface area (Å²) in [6, 6.07) is 5.87. The number of carbonyl (C=O) groups excluding carboxylic acids is 1. The van der Waals surface area contributed by atoms with Crippen molar-refractivity contribution in [3.05, 3.63) is 23.8 Å². The van der Waals surface area contributed by atoms with Crippen molar-refractivity contribution in [2.24, 2.45) is 5.92 Å². The zero-order chi connectivity index (χ0) is 17.1. The van der Waals surface area contributed by atoms with E-state index in [1.165, 1.54) is 6.42 Å². The van der Waals surface area contributed by atoms with Gasteiger partial charge in [-0.05, 0) is 57.9 Å². The first-order valence-electron chi connectivity index (χ1n) is 9.01. The van der Waals surface area contributed by atoms with Gasteiger partial charge in [-0.1, -0.05) is 0 Å². The Hall–Kier alpha value is -1.75. The van der Waals surface area contributed by atoms with Crippen LogP contribution in [-0.4, -0.2) is 61.6 Å². The molecule has 4 rings (SSSR count). The fourth-order valence-corrected chi connectivity index (χ4v) is 3.92. The summed E-state index contributed by atoms with van der Waals surface area (Å²) in [4.78, 5) is 17.5. The van der Waals surface area contributed by atoms with Crippen molar-refractivity contribution in [3.8, 4) is 11.5 Å². The summed E-state index contributed by atoms with van der Waals surface area (Å²) in [6.07, 6.45) is 2.34. The van der Waals surface area contributed by atoms with Crippen LogP contribution >= 0.6 is 0 Å². The highest BCUT2D eigenvalue weighted by atomic mass is 16.5. The Morgan fingerprint density at radius 2 is 1.83 bits per heavy atom. The van der Waals surface area contributed by atoms with Gasteiger partial charge < -0.3 is 19.3 Å². The highest BCUT2D eigenvalue weighted by molar-refractivity contribution is 5.95. The predicted molar refractivity (Wildman–Crippen MR) is 93.8 cm³/mol. The van der Waals surface area contributed by atoms with Gasteiger partial charge in [-0.2, -0.15) is 0 Å². The quantitative estimate of drug-likeness (QED) is 0.831. The topological polar surface area (TPSA) is 42.0 Å². The first-order valence-corrected chi connectivity index (χ1v) is 9.01. The van der Waals surface area contributed by atoms with Crippen molar-refractivity contribution in [1.82, 2.24) is 9.80 Å². The van der Waals surface area contributed by atoms with Crippen molar-refractivity contribution in [1.29, 1.82) is 0 Å². The number of hydrogen-bond acceptors (Lipinski definition) is 4. The monoisotopic (exact) mass is 332 g/mol. The van der Waals surface area contributed by atoms with E-state index in [9.17, 15) is 4.79 Å². The average molecular weight is 332 g/mol. The molecule has 1 aromatic carbocycles. The molecule has 3 heterocycles. The first-order chi connectivity index (χ1) is 11.6. The van der Waals surface area contributed by atoms with Crippen molar-refractivity contribution in [3.63, 3.8) is 0 Å². The van der Waals surface area contributed by atoms with Crippen LogP contribution in [0.25, 0.3) is 0 Å². The van der Waals surface area contributed by atoms with Crippen LogP contribution in [0.3, 0.4) is 0 Å². The van der Waals surface area contributed by atoms with Crippen molar-refractivity contribution in [2.75, 3.05) is 39.9 Å². The molecule has 0 unspecified atom stereocenters. The Labute approximate surface area is 144 Å². The number of rotatable bonds is 5. The van der Waals surface area contributed by atoms with Crippen LogP contribution < -0.4 is 9.47 Å². The van der Waals surface area contributed by atoms with Gasteiger partial charge >= 0.3 is 0 Å². The minimum absolute atomic E-state index is 0.115. The maximum atomic E-state index is 13.1. The summed E-state index contributed by atoms with van der Waals surface area (Å²) < 4.78 is 11.3. The summed E-state index contributed by atoms with van der Waals surface area (Å²) in [5, 5.41) is 0. The zero-order valence-electron chi connectivity index (χ0n) is 15.0. The number of amides is 1. The van der Waals surface area contributed by atoms with Crippen LogP contribution in [0.5, 0.6) is 11.5 Å². The van der Waals surface area contributed by atoms with Crippen LogP contribution in [0.4, 0.5) is 0 Å². The van der Waals surface area contributed by atoms with E-state index >= 15 is 0 Å². The van der Waals surface area contributed by atoms with Crippen LogP contribution in [-0.2, 0) is 0 Å². The number of hydrogen-bond donors (Lipinski definition) is 0. The van der Waals surface area contributed by atoms with Crippen LogP contribution in [0.15, 0.2) is 18.2 Å². The summed E-state index contributed by atoms with van der Waals surface area (Å²) in [6.45, 7) is 7.94. The molecular weight excluding hydrogens is 304 g/mol. The number of likely N-dealkylation sites (N-methyl/N-ethyl adjacent to an activating group) is 1. The van der Waals surface area contributed by atoms with Crippen LogP contribution in [0.2, 0.25) is 0 Å². The molecule has 2 bridgehead atoms. The number of ether oxygens (including phenoxy) is 2. The highest BCUT2D eigenvalue weighted by Gasteiger charge is 2.36. The Morgan fingerprint density at radius 1 is 1.08 bits per heavy atom. The zero-order valence-corrected chi connectivity index (χ0v) is 15.0. The molecule has 3 saturated heterocycles. The molecule has 0 saturated carbocycles. The minimum atomic E-state index is 0.115. The molecule has 0 aliphatic carbocycles. The molecule has 1 aromatic rings. The molecule has 132 valence electrons. The van der Waals surface area contributed by atoms with Crippen molar-refractivity contribution >= 4 is 5.91 Å². The lowest BCUT2D eigenvalue weighted by atomic mass is 9.94. The fraction of sp³-hybridized carbons (Fsp3) is 0.632. The molecular formula is C19H28N2O3. The van der Waals surface area contributed by atoms with E-state index < -0.39 is 0 Å². The van der Waals surface area contributed by atoms with E-state index in [1.54, 1.807) is 0 Å². The third-order valence-corrected chi connectivity index (χ3v) is 4.95. The van der Waals surface area contributed by atoms with E-state index in [-0.39, 0.29) is 5.91 Å². The molecule has 3 aliphatic heterocycles. The Morgan fingerprint density at radius 3 is 2.58 bits per heavy atom. The molecule has 3 aliphatic rings. The molecule has 1 amide bonds. The van der Waals surface area contributed by atoms with E-state index in [1.807, 2.05) is 32.0 Å². The number of nitrogens with zero attached hydrogens (tertiary/aromatic N) is 2. The van der Waals surface area contributed by atoms with Crippen molar-refractivity contribution < 1.29 is 14.3 Å². The Bertz CT molecular complexity index is 590. The average Bonchev–Trinajstić information content (AvgIpc) is 2.85. The number of fused-ring (bicyclic) bond motifs is 4. The molecule has 5 nitrogen and oxygen atoms in total. The van der Waals surface area contributed by atoms with Crippen LogP contribution in [0.1, 0.15) is 37.0 Å². The lowest BCUT2D eigenvalue weighted by Gasteiger charge is -2.36. The van der Waals surface area contributed by atoms with E-state index in [2.05, 4.69) is 16.8 Å². The van der Waals surface area contributed by atoms with E-state index in [0.29, 0.717) is 42.2 Å². The van der Waals surface area contributed by atoms with Gasteiger partial charge in [-0.25, -0.2) is 0 Å². The normalized spacial score (nSPS) is 23.9. The van der Waals surface area contributed by atoms with Gasteiger partial charge in [0.25, 0.3) is 5.91 Å². The maximum Gasteiger partial charge on any atom is 0.254 e. The van der Waals surface area contributed by atoms with Gasteiger partial charge in [0.15, 0.2) is 11.5 Å². The largest absolute Gasteiger partial charge is 0.490 e. The van der Waals surface area contributed by atoms with Gasteiger partial charge in [-0.3, -0.25) is 4.79 Å². The molecule has 3 fully saturated rings. The lowest BCUT2D eigenvalue weighted by molar-refractivity contribution is 0.0586. The molecule has 0 N–H and O–H groups in total. The summed E-state index contributed by atoms with van der Waals surface area (Å²) >= 11 is 0. The SMILES string of the molecule is CCOc1ccc(C(=O)N2C[C@@H]3CC[C@H]2CN(C)C3)cc1OCC. The number of piperidine rings is 1. The second-order valence-corrected chi connectivity index (χ2v) is 6.80. The van der Waals surface area contributed by atoms with Gasteiger partial charge in [0.2, 0.25) is 0 Å². The Balaban J connectivity index is 1.83. The Kier molecular flexibility index (Phi) is 5.29. The van der Waals surface area contributed by atoms with Crippen LogP contribution in [0, 0.1) is 5.92 Å². The van der Waals surface area contributed by atoms with Gasteiger partial charge in [-0.15, -0.1) is 0 Å². The van der Waals surface area contributed by atoms with E-state index in [4.69, 9.17) is 9.47 Å². The molecule has 2 atom stereocenters. The highest BCUT2D eigenvalue weighted by Crippen LogP contribution is 2.32. The smallest absolute Gasteiger partial charge is 0.254 e. The lowest BCUT2D eigenvalue weighted by Crippen LogP contribution is -2.47. The third kappa shape index (κ3) is 3.51. The molecule has 0 radical (unpaired) electrons. The first kappa shape index (κ1) is 17.1. The molecule has 24 heavy (non-hydrogen) atoms. The maximum absolute atomic E-state index is 13.1. The molecule has 5 heteroatoms. The second-order valence-electron chi connectivity index (χ2n) is 6.80. The summed E-state index contributed by atoms with van der Waals surface area (Å²) in [5.41, 5.74) is 0.692. The fourth-order valence-electron chi connectivity index (χ4n) is 3.92. The number of benzene rings is 1. The standard InChI is InChI=1S/C19H28N2O3/c1-4-23-17-9-7-15(10-18(17)24-5-2)19(22)21-12-14-6-8-16(21)13-20(3)11-14/h7,9-10,14,16H,4-6,8,11-13H2,1-3H3/t14-,16+/m1/s1. The minimum Gasteiger partial charge on any atom is -0.490 e. The second kappa shape index (κ2) is 7.43. The van der Waals surface area contributed by atoms with Gasteiger partial charge in [0.1, 0.15) is 0 Å². The summed E-state index contributed by atoms with van der Waals surface area (Å²) in [7, 11) is 2.16. The summed E-state index contributed by atoms with van der Waals surface area (Å²) in [5.74, 6) is 2.06.